The van der Waals surface area contributed by atoms with E-state index in [0.29, 0.717) is 22.3 Å². The van der Waals surface area contributed by atoms with E-state index >= 15 is 0 Å². The number of nitrogens with one attached hydrogen (secondary N) is 2. The molecule has 2 aromatic carbocycles. The lowest BCUT2D eigenvalue weighted by molar-refractivity contribution is -0.118. The molecule has 0 fully saturated rings. The average molecular weight is 367 g/mol. The van der Waals surface area contributed by atoms with Gasteiger partial charge in [-0.25, -0.2) is 0 Å². The van der Waals surface area contributed by atoms with Crippen LogP contribution in [0.2, 0.25) is 10.0 Å². The van der Waals surface area contributed by atoms with Crippen molar-refractivity contribution in [3.8, 4) is 5.75 Å². The summed E-state index contributed by atoms with van der Waals surface area (Å²) >= 11 is 12.3. The van der Waals surface area contributed by atoms with Gasteiger partial charge in [-0.2, -0.15) is 0 Å². The highest BCUT2D eigenvalue weighted by atomic mass is 35.5. The SMILES string of the molecule is COc1c(Cl)cc(CNc2ccc(NC(=O)C(C)C)cc2)cc1Cl. The molecule has 0 atom stereocenters. The Labute approximate surface area is 152 Å². The molecule has 0 saturated heterocycles. The molecule has 1 amide bonds. The molecule has 2 aromatic rings. The van der Waals surface area contributed by atoms with Gasteiger partial charge in [0.2, 0.25) is 5.91 Å². The van der Waals surface area contributed by atoms with Crippen LogP contribution in [0, 0.1) is 5.92 Å². The molecular formula is C18H20Cl2N2O2. The highest BCUT2D eigenvalue weighted by Gasteiger charge is 2.09. The smallest absolute Gasteiger partial charge is 0.226 e. The van der Waals surface area contributed by atoms with Gasteiger partial charge in [0.15, 0.2) is 5.75 Å². The van der Waals surface area contributed by atoms with Crippen LogP contribution in [0.15, 0.2) is 36.4 Å². The van der Waals surface area contributed by atoms with Gasteiger partial charge in [0.25, 0.3) is 0 Å². The highest BCUT2D eigenvalue weighted by Crippen LogP contribution is 2.34. The van der Waals surface area contributed by atoms with Gasteiger partial charge in [-0.05, 0) is 42.0 Å². The number of ether oxygens (including phenoxy) is 1. The van der Waals surface area contributed by atoms with Gasteiger partial charge < -0.3 is 15.4 Å². The molecule has 24 heavy (non-hydrogen) atoms. The lowest BCUT2D eigenvalue weighted by atomic mass is 10.2. The minimum absolute atomic E-state index is 0.00164. The summed E-state index contributed by atoms with van der Waals surface area (Å²) in [4.78, 5) is 11.7. The fourth-order valence-electron chi connectivity index (χ4n) is 2.07. The molecule has 0 radical (unpaired) electrons. The van der Waals surface area contributed by atoms with Crippen LogP contribution in [-0.2, 0) is 11.3 Å². The van der Waals surface area contributed by atoms with Crippen LogP contribution >= 0.6 is 23.2 Å². The summed E-state index contributed by atoms with van der Waals surface area (Å²) in [6.07, 6.45) is 0. The van der Waals surface area contributed by atoms with Crippen LogP contribution in [0.1, 0.15) is 19.4 Å². The van der Waals surface area contributed by atoms with Gasteiger partial charge in [0, 0.05) is 23.8 Å². The van der Waals surface area contributed by atoms with Crippen molar-refractivity contribution in [1.29, 1.82) is 0 Å². The lowest BCUT2D eigenvalue weighted by Crippen LogP contribution is -2.17. The fraction of sp³-hybridized carbons (Fsp3) is 0.278. The molecule has 2 rings (SSSR count). The summed E-state index contributed by atoms with van der Waals surface area (Å²) in [6, 6.07) is 11.2. The number of hydrogen-bond acceptors (Lipinski definition) is 3. The van der Waals surface area contributed by atoms with Gasteiger partial charge in [0.1, 0.15) is 0 Å². The minimum atomic E-state index is -0.0487. The topological polar surface area (TPSA) is 50.4 Å². The minimum Gasteiger partial charge on any atom is -0.494 e. The molecule has 4 nitrogen and oxygen atoms in total. The predicted octanol–water partition coefficient (Wildman–Crippen LogP) is 5.21. The van der Waals surface area contributed by atoms with Crippen molar-refractivity contribution in [2.45, 2.75) is 20.4 Å². The van der Waals surface area contributed by atoms with Gasteiger partial charge in [0.05, 0.1) is 17.2 Å². The standard InChI is InChI=1S/C18H20Cl2N2O2/c1-11(2)18(23)22-14-6-4-13(5-7-14)21-10-12-8-15(19)17(24-3)16(20)9-12/h4-9,11,21H,10H2,1-3H3,(H,22,23). The van der Waals surface area contributed by atoms with E-state index < -0.39 is 0 Å². The molecule has 0 heterocycles. The number of carbonyl (C=O) groups is 1. The molecule has 0 aliphatic rings. The Balaban J connectivity index is 1.99. The van der Waals surface area contributed by atoms with Crippen LogP contribution in [0.25, 0.3) is 0 Å². The van der Waals surface area contributed by atoms with Crippen LogP contribution in [-0.4, -0.2) is 13.0 Å². The Kier molecular flexibility index (Phi) is 6.35. The number of methoxy groups -OCH3 is 1. The summed E-state index contributed by atoms with van der Waals surface area (Å²) in [6.45, 7) is 4.29. The van der Waals surface area contributed by atoms with E-state index in [1.54, 1.807) is 0 Å². The Bertz CT molecular complexity index is 692. The Hall–Kier alpha value is -1.91. The summed E-state index contributed by atoms with van der Waals surface area (Å²) in [5.74, 6) is 0.429. The molecule has 0 spiro atoms. The molecule has 0 aliphatic heterocycles. The number of anilines is 2. The lowest BCUT2D eigenvalue weighted by Gasteiger charge is -2.12. The van der Waals surface area contributed by atoms with E-state index in [1.165, 1.54) is 7.11 Å². The van der Waals surface area contributed by atoms with Crippen molar-refractivity contribution >= 4 is 40.5 Å². The van der Waals surface area contributed by atoms with Crippen molar-refractivity contribution in [1.82, 2.24) is 0 Å². The third kappa shape index (κ3) is 4.79. The van der Waals surface area contributed by atoms with E-state index in [0.717, 1.165) is 16.9 Å². The number of benzene rings is 2. The molecule has 0 aliphatic carbocycles. The maximum absolute atomic E-state index is 11.7. The van der Waals surface area contributed by atoms with Crippen LogP contribution < -0.4 is 15.4 Å². The van der Waals surface area contributed by atoms with E-state index in [-0.39, 0.29) is 11.8 Å². The molecule has 0 saturated carbocycles. The maximum Gasteiger partial charge on any atom is 0.226 e. The van der Waals surface area contributed by atoms with Crippen LogP contribution in [0.5, 0.6) is 5.75 Å². The molecule has 0 bridgehead atoms. The van der Waals surface area contributed by atoms with Crippen molar-refractivity contribution in [3.05, 3.63) is 52.0 Å². The van der Waals surface area contributed by atoms with Crippen molar-refractivity contribution in [2.24, 2.45) is 5.92 Å². The number of halogens is 2. The summed E-state index contributed by atoms with van der Waals surface area (Å²) in [5.41, 5.74) is 2.65. The second-order valence-electron chi connectivity index (χ2n) is 5.67. The third-order valence-corrected chi connectivity index (χ3v) is 4.00. The molecule has 0 unspecified atom stereocenters. The highest BCUT2D eigenvalue weighted by molar-refractivity contribution is 6.37. The molecule has 2 N–H and O–H groups in total. The third-order valence-electron chi connectivity index (χ3n) is 3.44. The first-order valence-electron chi connectivity index (χ1n) is 7.57. The first kappa shape index (κ1) is 18.4. The molecular weight excluding hydrogens is 347 g/mol. The van der Waals surface area contributed by atoms with Gasteiger partial charge >= 0.3 is 0 Å². The quantitative estimate of drug-likeness (QED) is 0.737. The van der Waals surface area contributed by atoms with E-state index in [2.05, 4.69) is 10.6 Å². The summed E-state index contributed by atoms with van der Waals surface area (Å²) < 4.78 is 5.14. The normalized spacial score (nSPS) is 10.6. The largest absolute Gasteiger partial charge is 0.494 e. The second-order valence-corrected chi connectivity index (χ2v) is 6.48. The summed E-state index contributed by atoms with van der Waals surface area (Å²) in [7, 11) is 1.53. The number of amides is 1. The number of rotatable bonds is 6. The zero-order valence-corrected chi connectivity index (χ0v) is 15.3. The number of carbonyl (C=O) groups excluding carboxylic acids is 1. The van der Waals surface area contributed by atoms with Crippen molar-refractivity contribution < 1.29 is 9.53 Å². The van der Waals surface area contributed by atoms with Gasteiger partial charge in [-0.3, -0.25) is 4.79 Å². The second kappa shape index (κ2) is 8.27. The molecule has 0 aromatic heterocycles. The zero-order valence-electron chi connectivity index (χ0n) is 13.8. The monoisotopic (exact) mass is 366 g/mol. The fourth-order valence-corrected chi connectivity index (χ4v) is 2.76. The van der Waals surface area contributed by atoms with Crippen LogP contribution in [0.3, 0.4) is 0 Å². The first-order valence-corrected chi connectivity index (χ1v) is 8.33. The average Bonchev–Trinajstić information content (AvgIpc) is 2.54. The summed E-state index contributed by atoms with van der Waals surface area (Å²) in [5, 5.41) is 7.10. The van der Waals surface area contributed by atoms with Gasteiger partial charge in [-0.15, -0.1) is 0 Å². The molecule has 128 valence electrons. The van der Waals surface area contributed by atoms with E-state index in [9.17, 15) is 4.79 Å². The predicted molar refractivity (Wildman–Crippen MR) is 100 cm³/mol. The first-order chi connectivity index (χ1) is 11.4. The van der Waals surface area contributed by atoms with Crippen molar-refractivity contribution in [2.75, 3.05) is 17.7 Å². The number of hydrogen-bond donors (Lipinski definition) is 2. The Morgan fingerprint density at radius 2 is 1.62 bits per heavy atom. The Morgan fingerprint density at radius 1 is 1.08 bits per heavy atom. The van der Waals surface area contributed by atoms with Crippen molar-refractivity contribution in [3.63, 3.8) is 0 Å². The van der Waals surface area contributed by atoms with Gasteiger partial charge in [-0.1, -0.05) is 37.0 Å². The maximum atomic E-state index is 11.7. The van der Waals surface area contributed by atoms with Crippen LogP contribution in [0.4, 0.5) is 11.4 Å². The van der Waals surface area contributed by atoms with E-state index in [1.807, 2.05) is 50.2 Å². The van der Waals surface area contributed by atoms with E-state index in [4.69, 9.17) is 27.9 Å². The zero-order chi connectivity index (χ0) is 17.7. The Morgan fingerprint density at radius 3 is 2.12 bits per heavy atom. The molecule has 6 heteroatoms.